The summed E-state index contributed by atoms with van der Waals surface area (Å²) < 4.78 is 19.2. The zero-order chi connectivity index (χ0) is 23.3. The topological polar surface area (TPSA) is 96.5 Å². The first-order valence-electron chi connectivity index (χ1n) is 9.72. The lowest BCUT2D eigenvalue weighted by molar-refractivity contribution is -0.114. The summed E-state index contributed by atoms with van der Waals surface area (Å²) >= 11 is 0. The highest BCUT2D eigenvalue weighted by molar-refractivity contribution is 6.08. The van der Waals surface area contributed by atoms with Gasteiger partial charge in [-0.1, -0.05) is 18.2 Å². The van der Waals surface area contributed by atoms with Crippen LogP contribution >= 0.6 is 0 Å². The van der Waals surface area contributed by atoms with Crippen LogP contribution in [0.25, 0.3) is 0 Å². The molecule has 3 N–H and O–H groups in total. The van der Waals surface area contributed by atoms with Gasteiger partial charge in [-0.05, 0) is 55.0 Å². The summed E-state index contributed by atoms with van der Waals surface area (Å²) in [5, 5.41) is 8.04. The maximum absolute atomic E-state index is 13.9. The predicted molar refractivity (Wildman–Crippen MR) is 121 cm³/mol. The van der Waals surface area contributed by atoms with Crippen molar-refractivity contribution >= 4 is 34.8 Å². The summed E-state index contributed by atoms with van der Waals surface area (Å²) in [7, 11) is 1.46. The molecule has 0 aromatic heterocycles. The molecule has 3 aromatic carbocycles. The first-order chi connectivity index (χ1) is 15.3. The van der Waals surface area contributed by atoms with Crippen molar-refractivity contribution in [2.45, 2.75) is 13.8 Å². The van der Waals surface area contributed by atoms with Gasteiger partial charge in [0.25, 0.3) is 11.8 Å². The maximum Gasteiger partial charge on any atom is 0.258 e. The van der Waals surface area contributed by atoms with Crippen LogP contribution in [-0.2, 0) is 4.79 Å². The molecule has 7 nitrogen and oxygen atoms in total. The SMILES string of the molecule is COc1ccc(NC(C)=O)cc1NC(=O)c1ccc(C)c(NC(=O)c2ccccc2F)c1. The lowest BCUT2D eigenvalue weighted by Crippen LogP contribution is -2.17. The second kappa shape index (κ2) is 9.74. The number of methoxy groups -OCH3 is 1. The van der Waals surface area contributed by atoms with Crippen molar-refractivity contribution in [3.05, 3.63) is 83.2 Å². The Hall–Kier alpha value is -4.20. The zero-order valence-electron chi connectivity index (χ0n) is 17.8. The summed E-state index contributed by atoms with van der Waals surface area (Å²) in [6, 6.07) is 15.3. The van der Waals surface area contributed by atoms with Crippen LogP contribution in [-0.4, -0.2) is 24.8 Å². The van der Waals surface area contributed by atoms with Gasteiger partial charge in [0.05, 0.1) is 18.4 Å². The molecule has 0 aliphatic rings. The molecular formula is C24H22FN3O4. The van der Waals surface area contributed by atoms with E-state index in [1.807, 2.05) is 0 Å². The molecule has 3 rings (SSSR count). The van der Waals surface area contributed by atoms with E-state index in [1.54, 1.807) is 43.3 Å². The summed E-state index contributed by atoms with van der Waals surface area (Å²) in [6.45, 7) is 3.14. The smallest absolute Gasteiger partial charge is 0.258 e. The second-order valence-corrected chi connectivity index (χ2v) is 7.01. The van der Waals surface area contributed by atoms with E-state index >= 15 is 0 Å². The number of amides is 3. The van der Waals surface area contributed by atoms with E-state index in [1.165, 1.54) is 38.3 Å². The second-order valence-electron chi connectivity index (χ2n) is 7.01. The number of hydrogen-bond donors (Lipinski definition) is 3. The molecule has 0 fully saturated rings. The zero-order valence-corrected chi connectivity index (χ0v) is 17.8. The molecule has 0 radical (unpaired) electrons. The van der Waals surface area contributed by atoms with Crippen LogP contribution in [0.4, 0.5) is 21.5 Å². The van der Waals surface area contributed by atoms with Gasteiger partial charge in [-0.3, -0.25) is 14.4 Å². The van der Waals surface area contributed by atoms with E-state index in [4.69, 9.17) is 4.74 Å². The summed E-state index contributed by atoms with van der Waals surface area (Å²) in [6.07, 6.45) is 0. The van der Waals surface area contributed by atoms with Crippen molar-refractivity contribution in [2.75, 3.05) is 23.1 Å². The van der Waals surface area contributed by atoms with Crippen molar-refractivity contribution in [2.24, 2.45) is 0 Å². The number of hydrogen-bond acceptors (Lipinski definition) is 4. The van der Waals surface area contributed by atoms with E-state index in [2.05, 4.69) is 16.0 Å². The van der Waals surface area contributed by atoms with Gasteiger partial charge in [-0.25, -0.2) is 4.39 Å². The minimum atomic E-state index is -0.636. The van der Waals surface area contributed by atoms with E-state index in [0.717, 1.165) is 0 Å². The third-order valence-electron chi connectivity index (χ3n) is 4.63. The number of aryl methyl sites for hydroxylation is 1. The fourth-order valence-electron chi connectivity index (χ4n) is 3.01. The number of benzene rings is 3. The fourth-order valence-corrected chi connectivity index (χ4v) is 3.01. The Morgan fingerprint density at radius 2 is 1.56 bits per heavy atom. The van der Waals surface area contributed by atoms with Gasteiger partial charge in [-0.15, -0.1) is 0 Å². The van der Waals surface area contributed by atoms with Crippen molar-refractivity contribution in [1.82, 2.24) is 0 Å². The molecule has 0 saturated heterocycles. The van der Waals surface area contributed by atoms with E-state index < -0.39 is 17.6 Å². The van der Waals surface area contributed by atoms with Crippen LogP contribution in [0.3, 0.4) is 0 Å². The number of rotatable bonds is 6. The van der Waals surface area contributed by atoms with Crippen molar-refractivity contribution in [1.29, 1.82) is 0 Å². The Labute approximate surface area is 184 Å². The Balaban J connectivity index is 1.83. The average molecular weight is 435 g/mol. The van der Waals surface area contributed by atoms with E-state index in [-0.39, 0.29) is 17.0 Å². The molecular weight excluding hydrogens is 413 g/mol. The maximum atomic E-state index is 13.9. The van der Waals surface area contributed by atoms with Gasteiger partial charge in [0.15, 0.2) is 0 Å². The molecule has 164 valence electrons. The first-order valence-corrected chi connectivity index (χ1v) is 9.72. The highest BCUT2D eigenvalue weighted by atomic mass is 19.1. The minimum Gasteiger partial charge on any atom is -0.495 e. The monoisotopic (exact) mass is 435 g/mol. The summed E-state index contributed by atoms with van der Waals surface area (Å²) in [5.41, 5.74) is 2.12. The summed E-state index contributed by atoms with van der Waals surface area (Å²) in [5.74, 6) is -1.55. The van der Waals surface area contributed by atoms with Crippen LogP contribution in [0.1, 0.15) is 33.2 Å². The molecule has 0 aliphatic heterocycles. The van der Waals surface area contributed by atoms with Crippen molar-refractivity contribution < 1.29 is 23.5 Å². The molecule has 0 aliphatic carbocycles. The molecule has 3 aromatic rings. The van der Waals surface area contributed by atoms with Gasteiger partial charge in [0.1, 0.15) is 11.6 Å². The van der Waals surface area contributed by atoms with Crippen molar-refractivity contribution in [3.8, 4) is 5.75 Å². The highest BCUT2D eigenvalue weighted by Gasteiger charge is 2.15. The molecule has 0 saturated carbocycles. The summed E-state index contributed by atoms with van der Waals surface area (Å²) in [4.78, 5) is 36.6. The Bertz CT molecular complexity index is 1190. The molecule has 32 heavy (non-hydrogen) atoms. The quantitative estimate of drug-likeness (QED) is 0.527. The number of halogens is 1. The Morgan fingerprint density at radius 3 is 2.25 bits per heavy atom. The molecule has 8 heteroatoms. The van der Waals surface area contributed by atoms with Gasteiger partial charge in [0.2, 0.25) is 5.91 Å². The number of carbonyl (C=O) groups is 3. The number of carbonyl (C=O) groups excluding carboxylic acids is 3. The highest BCUT2D eigenvalue weighted by Crippen LogP contribution is 2.29. The number of nitrogens with one attached hydrogen (secondary N) is 3. The van der Waals surface area contributed by atoms with Crippen LogP contribution in [0.2, 0.25) is 0 Å². The molecule has 3 amide bonds. The minimum absolute atomic E-state index is 0.0960. The van der Waals surface area contributed by atoms with E-state index in [9.17, 15) is 18.8 Å². The first kappa shape index (κ1) is 22.5. The Morgan fingerprint density at radius 1 is 0.844 bits per heavy atom. The number of anilines is 3. The Kier molecular flexibility index (Phi) is 6.84. The molecule has 0 atom stereocenters. The standard InChI is InChI=1S/C24H22FN3O4/c1-14-8-9-16(12-20(14)27-24(31)18-6-4-5-7-19(18)25)23(30)28-21-13-17(26-15(2)29)10-11-22(21)32-3/h4-13H,1-3H3,(H,26,29)(H,27,31)(H,28,30). The van der Waals surface area contributed by atoms with Crippen LogP contribution < -0.4 is 20.7 Å². The third-order valence-corrected chi connectivity index (χ3v) is 4.63. The predicted octanol–water partition coefficient (Wildman–Crippen LogP) is 4.61. The van der Waals surface area contributed by atoms with Gasteiger partial charge < -0.3 is 20.7 Å². The van der Waals surface area contributed by atoms with E-state index in [0.29, 0.717) is 28.4 Å². The van der Waals surface area contributed by atoms with Crippen LogP contribution in [0, 0.1) is 12.7 Å². The van der Waals surface area contributed by atoms with Gasteiger partial charge >= 0.3 is 0 Å². The molecule has 0 bridgehead atoms. The van der Waals surface area contributed by atoms with Crippen molar-refractivity contribution in [3.63, 3.8) is 0 Å². The lowest BCUT2D eigenvalue weighted by Gasteiger charge is -2.14. The van der Waals surface area contributed by atoms with Crippen LogP contribution in [0.5, 0.6) is 5.75 Å². The molecule has 0 unspecified atom stereocenters. The fraction of sp³-hybridized carbons (Fsp3) is 0.125. The average Bonchev–Trinajstić information content (AvgIpc) is 2.75. The lowest BCUT2D eigenvalue weighted by atomic mass is 10.1. The van der Waals surface area contributed by atoms with Gasteiger partial charge in [-0.2, -0.15) is 0 Å². The van der Waals surface area contributed by atoms with Gasteiger partial charge in [0, 0.05) is 23.9 Å². The molecule has 0 spiro atoms. The van der Waals surface area contributed by atoms with Crippen LogP contribution in [0.15, 0.2) is 60.7 Å². The third kappa shape index (κ3) is 5.28. The number of ether oxygens (including phenoxy) is 1. The largest absolute Gasteiger partial charge is 0.495 e. The molecule has 0 heterocycles. The normalized spacial score (nSPS) is 10.2.